The molecule has 0 radical (unpaired) electrons. The summed E-state index contributed by atoms with van der Waals surface area (Å²) in [4.78, 5) is 2.35. The Balaban J connectivity index is 2.41. The minimum absolute atomic E-state index is 0.589. The van der Waals surface area contributed by atoms with Crippen LogP contribution in [0.3, 0.4) is 0 Å². The highest BCUT2D eigenvalue weighted by Crippen LogP contribution is 2.17. The Morgan fingerprint density at radius 1 is 1.35 bits per heavy atom. The van der Waals surface area contributed by atoms with Crippen LogP contribution in [0.15, 0.2) is 24.3 Å². The summed E-state index contributed by atoms with van der Waals surface area (Å²) < 4.78 is 5.94. The van der Waals surface area contributed by atoms with Crippen molar-refractivity contribution in [2.45, 2.75) is 26.4 Å². The third-order valence-electron chi connectivity index (χ3n) is 3.40. The molecule has 0 spiro atoms. The molecule has 0 fully saturated rings. The van der Waals surface area contributed by atoms with E-state index in [2.05, 4.69) is 55.6 Å². The molecule has 0 bridgehead atoms. The van der Waals surface area contributed by atoms with Gasteiger partial charge in [-0.25, -0.2) is 0 Å². The van der Waals surface area contributed by atoms with E-state index in [0.29, 0.717) is 6.04 Å². The summed E-state index contributed by atoms with van der Waals surface area (Å²) in [6, 6.07) is 8.86. The zero-order chi connectivity index (χ0) is 14.8. The van der Waals surface area contributed by atoms with Gasteiger partial charge in [0.1, 0.15) is 12.4 Å². The molecule has 0 saturated heterocycles. The average Bonchev–Trinajstić information content (AvgIpc) is 2.46. The zero-order valence-electron chi connectivity index (χ0n) is 13.2. The van der Waals surface area contributed by atoms with Gasteiger partial charge in [-0.1, -0.05) is 25.1 Å². The van der Waals surface area contributed by atoms with Gasteiger partial charge in [0.2, 0.25) is 0 Å². The number of likely N-dealkylation sites (N-methyl/N-ethyl adjacent to an activating group) is 1. The predicted molar refractivity (Wildman–Crippen MR) is 89.8 cm³/mol. The van der Waals surface area contributed by atoms with E-state index in [1.54, 1.807) is 0 Å². The Morgan fingerprint density at radius 2 is 2.10 bits per heavy atom. The molecule has 0 amide bonds. The lowest BCUT2D eigenvalue weighted by Gasteiger charge is -2.24. The number of hydrogen-bond acceptors (Lipinski definition) is 4. The van der Waals surface area contributed by atoms with Gasteiger partial charge in [0.15, 0.2) is 0 Å². The standard InChI is InChI=1S/C16H28N2OS/c1-5-17-12-15-8-6-7-9-16(15)19-11-10-18(3)14(2)13-20-4/h6-9,14,17H,5,10-13H2,1-4H3. The van der Waals surface area contributed by atoms with Gasteiger partial charge in [-0.2, -0.15) is 11.8 Å². The first-order valence-corrected chi connectivity index (χ1v) is 8.69. The van der Waals surface area contributed by atoms with Gasteiger partial charge in [-0.3, -0.25) is 4.90 Å². The molecule has 0 aliphatic rings. The molecule has 1 unspecified atom stereocenters. The molecule has 1 aromatic rings. The minimum atomic E-state index is 0.589. The van der Waals surface area contributed by atoms with E-state index in [4.69, 9.17) is 4.74 Å². The second kappa shape index (κ2) is 10.1. The predicted octanol–water partition coefficient (Wildman–Crippen LogP) is 2.86. The van der Waals surface area contributed by atoms with E-state index in [9.17, 15) is 0 Å². The lowest BCUT2D eigenvalue weighted by atomic mass is 10.2. The first-order chi connectivity index (χ1) is 9.69. The second-order valence-electron chi connectivity index (χ2n) is 5.02. The van der Waals surface area contributed by atoms with Crippen molar-refractivity contribution in [3.63, 3.8) is 0 Å². The van der Waals surface area contributed by atoms with Crippen molar-refractivity contribution in [3.05, 3.63) is 29.8 Å². The van der Waals surface area contributed by atoms with Crippen LogP contribution in [0.4, 0.5) is 0 Å². The summed E-state index contributed by atoms with van der Waals surface area (Å²) >= 11 is 1.89. The van der Waals surface area contributed by atoms with Crippen molar-refractivity contribution < 1.29 is 4.74 Å². The highest BCUT2D eigenvalue weighted by Gasteiger charge is 2.08. The van der Waals surface area contributed by atoms with Gasteiger partial charge >= 0.3 is 0 Å². The SMILES string of the molecule is CCNCc1ccccc1OCCN(C)C(C)CSC. The molecule has 0 heterocycles. The fraction of sp³-hybridized carbons (Fsp3) is 0.625. The van der Waals surface area contributed by atoms with E-state index < -0.39 is 0 Å². The maximum absolute atomic E-state index is 5.94. The fourth-order valence-corrected chi connectivity index (χ4v) is 2.68. The van der Waals surface area contributed by atoms with Crippen LogP contribution in [-0.4, -0.2) is 49.7 Å². The number of para-hydroxylation sites is 1. The molecule has 1 atom stereocenters. The monoisotopic (exact) mass is 296 g/mol. The molecule has 0 aromatic heterocycles. The van der Waals surface area contributed by atoms with Gasteiger partial charge in [0, 0.05) is 30.4 Å². The molecule has 1 N–H and O–H groups in total. The Kier molecular flexibility index (Phi) is 8.74. The van der Waals surface area contributed by atoms with E-state index in [1.165, 1.54) is 5.56 Å². The van der Waals surface area contributed by atoms with Crippen LogP contribution in [-0.2, 0) is 6.54 Å². The second-order valence-corrected chi connectivity index (χ2v) is 5.93. The number of benzene rings is 1. The molecule has 20 heavy (non-hydrogen) atoms. The lowest BCUT2D eigenvalue weighted by Crippen LogP contribution is -2.34. The third kappa shape index (κ3) is 6.16. The minimum Gasteiger partial charge on any atom is -0.492 e. The van der Waals surface area contributed by atoms with Gasteiger partial charge in [0.25, 0.3) is 0 Å². The van der Waals surface area contributed by atoms with Crippen LogP contribution in [0, 0.1) is 0 Å². The van der Waals surface area contributed by atoms with Crippen LogP contribution in [0.5, 0.6) is 5.75 Å². The molecule has 1 aromatic carbocycles. The van der Waals surface area contributed by atoms with E-state index in [0.717, 1.165) is 37.7 Å². The van der Waals surface area contributed by atoms with Gasteiger partial charge in [0.05, 0.1) is 0 Å². The summed E-state index contributed by atoms with van der Waals surface area (Å²) in [5.41, 5.74) is 1.23. The van der Waals surface area contributed by atoms with Gasteiger partial charge < -0.3 is 10.1 Å². The van der Waals surface area contributed by atoms with Crippen molar-refractivity contribution in [2.75, 3.05) is 38.8 Å². The topological polar surface area (TPSA) is 24.5 Å². The van der Waals surface area contributed by atoms with Gasteiger partial charge in [-0.05, 0) is 32.8 Å². The summed E-state index contributed by atoms with van der Waals surface area (Å²) in [6.07, 6.45) is 2.15. The Hall–Kier alpha value is -0.710. The normalized spacial score (nSPS) is 12.7. The van der Waals surface area contributed by atoms with Crippen LogP contribution >= 0.6 is 11.8 Å². The van der Waals surface area contributed by atoms with Crippen LogP contribution in [0.2, 0.25) is 0 Å². The molecule has 4 heteroatoms. The Morgan fingerprint density at radius 3 is 2.80 bits per heavy atom. The van der Waals surface area contributed by atoms with E-state index in [1.807, 2.05) is 17.8 Å². The number of ether oxygens (including phenoxy) is 1. The first kappa shape index (κ1) is 17.3. The maximum atomic E-state index is 5.94. The van der Waals surface area contributed by atoms with E-state index >= 15 is 0 Å². The summed E-state index contributed by atoms with van der Waals surface area (Å²) in [6.45, 7) is 7.91. The smallest absolute Gasteiger partial charge is 0.123 e. The lowest BCUT2D eigenvalue weighted by molar-refractivity contribution is 0.209. The van der Waals surface area contributed by atoms with Crippen LogP contribution in [0.1, 0.15) is 19.4 Å². The molecule has 114 valence electrons. The van der Waals surface area contributed by atoms with Crippen molar-refractivity contribution in [1.82, 2.24) is 10.2 Å². The average molecular weight is 296 g/mol. The zero-order valence-corrected chi connectivity index (χ0v) is 14.0. The van der Waals surface area contributed by atoms with E-state index in [-0.39, 0.29) is 0 Å². The Bertz CT molecular complexity index is 373. The fourth-order valence-electron chi connectivity index (χ4n) is 1.94. The van der Waals surface area contributed by atoms with Gasteiger partial charge in [-0.15, -0.1) is 0 Å². The maximum Gasteiger partial charge on any atom is 0.123 e. The molecular weight excluding hydrogens is 268 g/mol. The van der Waals surface area contributed by atoms with Crippen molar-refractivity contribution in [1.29, 1.82) is 0 Å². The molecule has 0 saturated carbocycles. The quantitative estimate of drug-likeness (QED) is 0.717. The third-order valence-corrected chi connectivity index (χ3v) is 4.22. The summed E-state index contributed by atoms with van der Waals surface area (Å²) in [5, 5.41) is 3.35. The highest BCUT2D eigenvalue weighted by atomic mass is 32.2. The molecule has 3 nitrogen and oxygen atoms in total. The molecule has 1 rings (SSSR count). The van der Waals surface area contributed by atoms with Crippen LogP contribution in [0.25, 0.3) is 0 Å². The Labute approximate surface area is 128 Å². The molecular formula is C16H28N2OS. The first-order valence-electron chi connectivity index (χ1n) is 7.29. The van der Waals surface area contributed by atoms with Crippen molar-refractivity contribution in [2.24, 2.45) is 0 Å². The number of hydrogen-bond donors (Lipinski definition) is 1. The summed E-state index contributed by atoms with van der Waals surface area (Å²) in [5.74, 6) is 2.16. The summed E-state index contributed by atoms with van der Waals surface area (Å²) in [7, 11) is 2.16. The largest absolute Gasteiger partial charge is 0.492 e. The number of nitrogens with zero attached hydrogens (tertiary/aromatic N) is 1. The highest BCUT2D eigenvalue weighted by molar-refractivity contribution is 7.98. The molecule has 0 aliphatic carbocycles. The number of rotatable bonds is 10. The number of nitrogens with one attached hydrogen (secondary N) is 1. The molecule has 0 aliphatic heterocycles. The van der Waals surface area contributed by atoms with Crippen LogP contribution < -0.4 is 10.1 Å². The number of thioether (sulfide) groups is 1. The van der Waals surface area contributed by atoms with Crippen molar-refractivity contribution in [3.8, 4) is 5.75 Å². The van der Waals surface area contributed by atoms with Crippen molar-refractivity contribution >= 4 is 11.8 Å².